The van der Waals surface area contributed by atoms with Crippen LogP contribution in [-0.2, 0) is 0 Å². The molecule has 0 radical (unpaired) electrons. The first-order valence-electron chi connectivity index (χ1n) is 7.09. The van der Waals surface area contributed by atoms with E-state index in [0.29, 0.717) is 11.3 Å². The summed E-state index contributed by atoms with van der Waals surface area (Å²) in [5, 5.41) is 7.94. The van der Waals surface area contributed by atoms with Gasteiger partial charge in [0.1, 0.15) is 5.82 Å². The third kappa shape index (κ3) is 3.82. The smallest absolute Gasteiger partial charge is 0.257 e. The quantitative estimate of drug-likeness (QED) is 0.389. The number of anilines is 1. The average molecular weight is 340 g/mol. The highest BCUT2D eigenvalue weighted by molar-refractivity contribution is 7.80. The van der Waals surface area contributed by atoms with Crippen molar-refractivity contribution in [3.05, 3.63) is 76.3 Å². The van der Waals surface area contributed by atoms with Crippen molar-refractivity contribution in [2.45, 2.75) is 0 Å². The van der Waals surface area contributed by atoms with E-state index in [-0.39, 0.29) is 16.5 Å². The van der Waals surface area contributed by atoms with Crippen LogP contribution in [0.3, 0.4) is 0 Å². The van der Waals surface area contributed by atoms with Crippen molar-refractivity contribution >= 4 is 40.1 Å². The zero-order valence-electron chi connectivity index (χ0n) is 12.4. The number of para-hydroxylation sites is 1. The summed E-state index contributed by atoms with van der Waals surface area (Å²) in [6, 6.07) is 15.0. The molecule has 3 aromatic rings. The minimum atomic E-state index is -0.326. The molecule has 0 aliphatic rings. The van der Waals surface area contributed by atoms with E-state index in [1.807, 2.05) is 24.3 Å². The Kier molecular flexibility index (Phi) is 4.62. The van der Waals surface area contributed by atoms with Crippen LogP contribution in [0.25, 0.3) is 10.9 Å². The summed E-state index contributed by atoms with van der Waals surface area (Å²) < 4.78 is 12.8. The number of thiocarbonyl (C=S) groups is 1. The van der Waals surface area contributed by atoms with Gasteiger partial charge in [-0.25, -0.2) is 4.39 Å². The first-order valence-corrected chi connectivity index (χ1v) is 7.50. The summed E-state index contributed by atoms with van der Waals surface area (Å²) >= 11 is 5.08. The highest BCUT2D eigenvalue weighted by Gasteiger charge is 2.00. The monoisotopic (exact) mass is 340 g/mol. The third-order valence-corrected chi connectivity index (χ3v) is 3.45. The van der Waals surface area contributed by atoms with Crippen LogP contribution < -0.4 is 16.3 Å². The Morgan fingerprint density at radius 3 is 2.71 bits per heavy atom. The number of benzene rings is 2. The zero-order chi connectivity index (χ0) is 16.9. The van der Waals surface area contributed by atoms with Crippen LogP contribution in [0.2, 0.25) is 0 Å². The van der Waals surface area contributed by atoms with Crippen LogP contribution in [0.4, 0.5) is 10.1 Å². The maximum absolute atomic E-state index is 12.8. The van der Waals surface area contributed by atoms with E-state index in [1.165, 1.54) is 18.3 Å². The Labute approximate surface area is 142 Å². The number of hydrogen-bond acceptors (Lipinski definition) is 3. The Morgan fingerprint density at radius 1 is 1.17 bits per heavy atom. The SMILES string of the molecule is O=c1[nH]c2ccccc2cc1/C=N/NC(=S)Nc1ccc(F)cc1. The van der Waals surface area contributed by atoms with Gasteiger partial charge in [0.15, 0.2) is 5.11 Å². The van der Waals surface area contributed by atoms with Crippen molar-refractivity contribution < 1.29 is 4.39 Å². The Balaban J connectivity index is 1.67. The summed E-state index contributed by atoms with van der Waals surface area (Å²) in [6.45, 7) is 0. The molecule has 0 unspecified atom stereocenters. The van der Waals surface area contributed by atoms with Gasteiger partial charge in [-0.1, -0.05) is 18.2 Å². The molecule has 0 aliphatic heterocycles. The normalized spacial score (nSPS) is 10.9. The highest BCUT2D eigenvalue weighted by Crippen LogP contribution is 2.09. The predicted molar refractivity (Wildman–Crippen MR) is 97.9 cm³/mol. The second-order valence-electron chi connectivity index (χ2n) is 4.97. The highest BCUT2D eigenvalue weighted by atomic mass is 32.1. The minimum absolute atomic E-state index is 0.232. The molecule has 0 fully saturated rings. The lowest BCUT2D eigenvalue weighted by Crippen LogP contribution is -2.24. The van der Waals surface area contributed by atoms with Gasteiger partial charge in [0.2, 0.25) is 0 Å². The fourth-order valence-electron chi connectivity index (χ4n) is 2.11. The van der Waals surface area contributed by atoms with E-state index in [1.54, 1.807) is 18.2 Å². The van der Waals surface area contributed by atoms with E-state index >= 15 is 0 Å². The molecule has 3 N–H and O–H groups in total. The van der Waals surface area contributed by atoms with Crippen LogP contribution >= 0.6 is 12.2 Å². The number of aromatic nitrogens is 1. The molecule has 0 spiro atoms. The first-order chi connectivity index (χ1) is 11.6. The van der Waals surface area contributed by atoms with Crippen LogP contribution in [0.15, 0.2) is 64.5 Å². The fraction of sp³-hybridized carbons (Fsp3) is 0. The molecule has 0 atom stereocenters. The summed E-state index contributed by atoms with van der Waals surface area (Å²) in [5.74, 6) is -0.326. The van der Waals surface area contributed by atoms with E-state index in [0.717, 1.165) is 10.9 Å². The van der Waals surface area contributed by atoms with Gasteiger partial charge in [-0.2, -0.15) is 5.10 Å². The Hall–Kier alpha value is -3.06. The standard InChI is InChI=1S/C17H13FN4OS/c18-13-5-7-14(8-6-13)20-17(24)22-19-10-12-9-11-3-1-2-4-15(11)21-16(12)23/h1-10H,(H,21,23)(H2,20,22,24)/b19-10+. The number of aromatic amines is 1. The number of nitrogens with one attached hydrogen (secondary N) is 3. The van der Waals surface area contributed by atoms with E-state index in [2.05, 4.69) is 20.8 Å². The molecule has 3 rings (SSSR count). The second-order valence-corrected chi connectivity index (χ2v) is 5.38. The lowest BCUT2D eigenvalue weighted by Gasteiger charge is -2.06. The molecule has 5 nitrogen and oxygen atoms in total. The number of nitrogens with zero attached hydrogens (tertiary/aromatic N) is 1. The van der Waals surface area contributed by atoms with Crippen LogP contribution in [0.1, 0.15) is 5.56 Å². The third-order valence-electron chi connectivity index (χ3n) is 3.25. The summed E-state index contributed by atoms with van der Waals surface area (Å²) in [4.78, 5) is 14.8. The molecule has 24 heavy (non-hydrogen) atoms. The fourth-order valence-corrected chi connectivity index (χ4v) is 2.28. The van der Waals surface area contributed by atoms with Crippen LogP contribution in [-0.4, -0.2) is 16.3 Å². The minimum Gasteiger partial charge on any atom is -0.331 e. The molecule has 120 valence electrons. The van der Waals surface area contributed by atoms with Gasteiger partial charge in [0, 0.05) is 11.2 Å². The number of hydrogen-bond donors (Lipinski definition) is 3. The van der Waals surface area contributed by atoms with Gasteiger partial charge in [-0.3, -0.25) is 10.2 Å². The van der Waals surface area contributed by atoms with Crippen molar-refractivity contribution in [3.8, 4) is 0 Å². The predicted octanol–water partition coefficient (Wildman–Crippen LogP) is 2.99. The summed E-state index contributed by atoms with van der Waals surface area (Å²) in [7, 11) is 0. The number of rotatable bonds is 3. The molecular weight excluding hydrogens is 327 g/mol. The molecule has 2 aromatic carbocycles. The largest absolute Gasteiger partial charge is 0.331 e. The van der Waals surface area contributed by atoms with Crippen LogP contribution in [0.5, 0.6) is 0 Å². The molecule has 0 amide bonds. The van der Waals surface area contributed by atoms with Crippen molar-refractivity contribution in [2.75, 3.05) is 5.32 Å². The average Bonchev–Trinajstić information content (AvgIpc) is 2.57. The number of fused-ring (bicyclic) bond motifs is 1. The number of H-pyrrole nitrogens is 1. The first kappa shape index (κ1) is 15.8. The number of hydrazone groups is 1. The van der Waals surface area contributed by atoms with Gasteiger partial charge in [0.05, 0.1) is 11.8 Å². The van der Waals surface area contributed by atoms with Gasteiger partial charge < -0.3 is 10.3 Å². The van der Waals surface area contributed by atoms with Gasteiger partial charge in [0.25, 0.3) is 5.56 Å². The Bertz CT molecular complexity index is 966. The van der Waals surface area contributed by atoms with Crippen molar-refractivity contribution in [1.82, 2.24) is 10.4 Å². The van der Waals surface area contributed by atoms with E-state index < -0.39 is 0 Å². The van der Waals surface area contributed by atoms with Gasteiger partial charge in [-0.05, 0) is 54.0 Å². The molecule has 1 heterocycles. The lowest BCUT2D eigenvalue weighted by atomic mass is 10.2. The second kappa shape index (κ2) is 7.01. The van der Waals surface area contributed by atoms with Crippen molar-refractivity contribution in [2.24, 2.45) is 5.10 Å². The molecule has 0 saturated heterocycles. The lowest BCUT2D eigenvalue weighted by molar-refractivity contribution is 0.628. The molecule has 0 aliphatic carbocycles. The van der Waals surface area contributed by atoms with Gasteiger partial charge >= 0.3 is 0 Å². The van der Waals surface area contributed by atoms with Gasteiger partial charge in [-0.15, -0.1) is 0 Å². The number of halogens is 1. The molecule has 1 aromatic heterocycles. The maximum Gasteiger partial charge on any atom is 0.257 e. The summed E-state index contributed by atoms with van der Waals surface area (Å²) in [5.41, 5.74) is 4.18. The van der Waals surface area contributed by atoms with Crippen molar-refractivity contribution in [1.29, 1.82) is 0 Å². The molecular formula is C17H13FN4OS. The molecule has 7 heteroatoms. The maximum atomic E-state index is 12.8. The Morgan fingerprint density at radius 2 is 1.92 bits per heavy atom. The topological polar surface area (TPSA) is 69.3 Å². The summed E-state index contributed by atoms with van der Waals surface area (Å²) in [6.07, 6.45) is 1.39. The molecule has 0 bridgehead atoms. The van der Waals surface area contributed by atoms with E-state index in [4.69, 9.17) is 12.2 Å². The zero-order valence-corrected chi connectivity index (χ0v) is 13.2. The molecule has 0 saturated carbocycles. The van der Waals surface area contributed by atoms with Crippen molar-refractivity contribution in [3.63, 3.8) is 0 Å². The number of pyridine rings is 1. The van der Waals surface area contributed by atoms with Crippen LogP contribution in [0, 0.1) is 5.82 Å². The van der Waals surface area contributed by atoms with E-state index in [9.17, 15) is 9.18 Å².